The molecule has 6 heteroatoms. The zero-order valence-electron chi connectivity index (χ0n) is 12.1. The van der Waals surface area contributed by atoms with E-state index in [9.17, 15) is 4.79 Å². The van der Waals surface area contributed by atoms with E-state index in [0.717, 1.165) is 17.1 Å². The van der Waals surface area contributed by atoms with E-state index in [0.29, 0.717) is 18.7 Å². The van der Waals surface area contributed by atoms with Crippen LogP contribution in [-0.2, 0) is 11.3 Å². The van der Waals surface area contributed by atoms with Crippen molar-refractivity contribution >= 4 is 17.7 Å². The van der Waals surface area contributed by atoms with Crippen molar-refractivity contribution in [1.29, 1.82) is 0 Å². The number of amides is 1. The number of nitrogens with two attached hydrogens (primary N) is 1. The van der Waals surface area contributed by atoms with Crippen LogP contribution in [0.25, 0.3) is 0 Å². The fraction of sp³-hybridized carbons (Fsp3) is 0.500. The second kappa shape index (κ2) is 8.71. The molecule has 0 spiro atoms. The van der Waals surface area contributed by atoms with Crippen LogP contribution in [0.2, 0.25) is 0 Å². The van der Waals surface area contributed by atoms with Gasteiger partial charge < -0.3 is 20.5 Å². The standard InChI is InChI=1S/C14H22N2O3S/c1-18-11-4-5-13(19-2)10(8-11)9-16-14(17)12(15)6-7-20-3/h4-5,8,12H,6-7,9,15H2,1-3H3,(H,16,17)/t12-/m0/s1. The molecule has 0 heterocycles. The van der Waals surface area contributed by atoms with Crippen molar-refractivity contribution in [1.82, 2.24) is 5.32 Å². The maximum absolute atomic E-state index is 11.9. The van der Waals surface area contributed by atoms with Crippen LogP contribution in [-0.4, -0.2) is 38.2 Å². The van der Waals surface area contributed by atoms with Gasteiger partial charge in [0.25, 0.3) is 0 Å². The van der Waals surface area contributed by atoms with Crippen molar-refractivity contribution < 1.29 is 14.3 Å². The largest absolute Gasteiger partial charge is 0.497 e. The molecule has 112 valence electrons. The molecule has 1 aromatic rings. The third kappa shape index (κ3) is 4.94. The normalized spacial score (nSPS) is 11.8. The summed E-state index contributed by atoms with van der Waals surface area (Å²) in [7, 11) is 3.19. The van der Waals surface area contributed by atoms with E-state index in [2.05, 4.69) is 5.32 Å². The predicted octanol–water partition coefficient (Wildman–Crippen LogP) is 1.40. The molecule has 0 aliphatic heterocycles. The van der Waals surface area contributed by atoms with Crippen molar-refractivity contribution in [2.24, 2.45) is 5.73 Å². The number of thioether (sulfide) groups is 1. The first-order valence-electron chi connectivity index (χ1n) is 6.35. The van der Waals surface area contributed by atoms with Gasteiger partial charge in [-0.25, -0.2) is 0 Å². The third-order valence-electron chi connectivity index (χ3n) is 2.91. The highest BCUT2D eigenvalue weighted by Gasteiger charge is 2.13. The summed E-state index contributed by atoms with van der Waals surface area (Å²) >= 11 is 1.68. The lowest BCUT2D eigenvalue weighted by molar-refractivity contribution is -0.122. The van der Waals surface area contributed by atoms with E-state index in [1.54, 1.807) is 26.0 Å². The Balaban J connectivity index is 2.62. The molecule has 0 saturated heterocycles. The van der Waals surface area contributed by atoms with E-state index in [1.807, 2.05) is 24.5 Å². The molecule has 0 unspecified atom stereocenters. The molecule has 0 saturated carbocycles. The maximum atomic E-state index is 11.9. The van der Waals surface area contributed by atoms with E-state index >= 15 is 0 Å². The van der Waals surface area contributed by atoms with E-state index in [1.165, 1.54) is 0 Å². The van der Waals surface area contributed by atoms with Crippen LogP contribution in [0.3, 0.4) is 0 Å². The van der Waals surface area contributed by atoms with Crippen LogP contribution < -0.4 is 20.5 Å². The minimum atomic E-state index is -0.473. The minimum Gasteiger partial charge on any atom is -0.497 e. The molecular formula is C14H22N2O3S. The van der Waals surface area contributed by atoms with Crippen molar-refractivity contribution in [2.45, 2.75) is 19.0 Å². The smallest absolute Gasteiger partial charge is 0.237 e. The van der Waals surface area contributed by atoms with E-state index in [-0.39, 0.29) is 5.91 Å². The molecular weight excluding hydrogens is 276 g/mol. The van der Waals surface area contributed by atoms with E-state index in [4.69, 9.17) is 15.2 Å². The van der Waals surface area contributed by atoms with Gasteiger partial charge in [0, 0.05) is 12.1 Å². The number of carbonyl (C=O) groups excluding carboxylic acids is 1. The molecule has 1 aromatic carbocycles. The average Bonchev–Trinajstić information content (AvgIpc) is 2.49. The summed E-state index contributed by atoms with van der Waals surface area (Å²) in [6, 6.07) is 4.99. The van der Waals surface area contributed by atoms with Crippen LogP contribution in [0.1, 0.15) is 12.0 Å². The lowest BCUT2D eigenvalue weighted by Crippen LogP contribution is -2.40. The van der Waals surface area contributed by atoms with Gasteiger partial charge in [-0.3, -0.25) is 4.79 Å². The van der Waals surface area contributed by atoms with Gasteiger partial charge in [0.1, 0.15) is 11.5 Å². The number of hydrogen-bond acceptors (Lipinski definition) is 5. The molecule has 0 aliphatic carbocycles. The van der Waals surface area contributed by atoms with Gasteiger partial charge in [-0.1, -0.05) is 0 Å². The maximum Gasteiger partial charge on any atom is 0.237 e. The van der Waals surface area contributed by atoms with Crippen molar-refractivity contribution in [3.05, 3.63) is 23.8 Å². The molecule has 20 heavy (non-hydrogen) atoms. The summed E-state index contributed by atoms with van der Waals surface area (Å²) < 4.78 is 10.4. The summed E-state index contributed by atoms with van der Waals surface area (Å²) in [4.78, 5) is 11.9. The van der Waals surface area contributed by atoms with E-state index < -0.39 is 6.04 Å². The number of nitrogens with one attached hydrogen (secondary N) is 1. The molecule has 5 nitrogen and oxygen atoms in total. The minimum absolute atomic E-state index is 0.149. The summed E-state index contributed by atoms with van der Waals surface area (Å²) in [5.74, 6) is 2.16. The second-order valence-electron chi connectivity index (χ2n) is 4.28. The first-order chi connectivity index (χ1) is 9.62. The molecule has 0 radical (unpaired) electrons. The zero-order chi connectivity index (χ0) is 15.0. The Morgan fingerprint density at radius 1 is 1.40 bits per heavy atom. The summed E-state index contributed by atoms with van der Waals surface area (Å²) in [6.45, 7) is 0.367. The van der Waals surface area contributed by atoms with Crippen LogP contribution in [0.15, 0.2) is 18.2 Å². The van der Waals surface area contributed by atoms with Crippen molar-refractivity contribution in [3.8, 4) is 11.5 Å². The van der Waals surface area contributed by atoms with Gasteiger partial charge in [0.15, 0.2) is 0 Å². The number of ether oxygens (including phenoxy) is 2. The third-order valence-corrected chi connectivity index (χ3v) is 3.55. The summed E-state index contributed by atoms with van der Waals surface area (Å²) in [5, 5.41) is 2.82. The van der Waals surface area contributed by atoms with Gasteiger partial charge >= 0.3 is 0 Å². The lowest BCUT2D eigenvalue weighted by Gasteiger charge is -2.14. The Morgan fingerprint density at radius 2 is 2.15 bits per heavy atom. The Kier molecular flexibility index (Phi) is 7.25. The molecule has 0 aromatic heterocycles. The molecule has 3 N–H and O–H groups in total. The van der Waals surface area contributed by atoms with Gasteiger partial charge in [0.2, 0.25) is 5.91 Å². The molecule has 1 atom stereocenters. The molecule has 1 amide bonds. The highest BCUT2D eigenvalue weighted by molar-refractivity contribution is 7.98. The first kappa shape index (κ1) is 16.7. The molecule has 0 bridgehead atoms. The Bertz CT molecular complexity index is 440. The second-order valence-corrected chi connectivity index (χ2v) is 5.27. The van der Waals surface area contributed by atoms with Crippen molar-refractivity contribution in [3.63, 3.8) is 0 Å². The number of methoxy groups -OCH3 is 2. The first-order valence-corrected chi connectivity index (χ1v) is 7.75. The van der Waals surface area contributed by atoms with Gasteiger partial charge in [-0.05, 0) is 36.6 Å². The number of rotatable bonds is 8. The van der Waals surface area contributed by atoms with Gasteiger partial charge in [-0.2, -0.15) is 11.8 Å². The molecule has 0 aliphatic rings. The fourth-order valence-electron chi connectivity index (χ4n) is 1.71. The SMILES string of the molecule is COc1ccc(OC)c(CNC(=O)[C@@H](N)CCSC)c1. The Morgan fingerprint density at radius 3 is 2.75 bits per heavy atom. The number of benzene rings is 1. The van der Waals surface area contributed by atoms with Crippen LogP contribution in [0, 0.1) is 0 Å². The van der Waals surface area contributed by atoms with Crippen LogP contribution >= 0.6 is 11.8 Å². The highest BCUT2D eigenvalue weighted by atomic mass is 32.2. The Hall–Kier alpha value is -1.40. The summed E-state index contributed by atoms with van der Waals surface area (Å²) in [6.07, 6.45) is 2.66. The number of hydrogen-bond donors (Lipinski definition) is 2. The summed E-state index contributed by atoms with van der Waals surface area (Å²) in [5.41, 5.74) is 6.67. The number of carbonyl (C=O) groups is 1. The lowest BCUT2D eigenvalue weighted by atomic mass is 10.1. The molecule has 1 rings (SSSR count). The quantitative estimate of drug-likeness (QED) is 0.759. The van der Waals surface area contributed by atoms with Crippen LogP contribution in [0.5, 0.6) is 11.5 Å². The average molecular weight is 298 g/mol. The topological polar surface area (TPSA) is 73.6 Å². The van der Waals surface area contributed by atoms with Gasteiger partial charge in [0.05, 0.1) is 20.3 Å². The zero-order valence-corrected chi connectivity index (χ0v) is 13.0. The Labute approximate surface area is 124 Å². The monoisotopic (exact) mass is 298 g/mol. The highest BCUT2D eigenvalue weighted by Crippen LogP contribution is 2.23. The van der Waals surface area contributed by atoms with Crippen LogP contribution in [0.4, 0.5) is 0 Å². The van der Waals surface area contributed by atoms with Gasteiger partial charge in [-0.15, -0.1) is 0 Å². The predicted molar refractivity (Wildman–Crippen MR) is 82.4 cm³/mol. The van der Waals surface area contributed by atoms with Crippen molar-refractivity contribution in [2.75, 3.05) is 26.2 Å². The fourth-order valence-corrected chi connectivity index (χ4v) is 2.20. The molecule has 0 fully saturated rings.